The number of oxazole rings is 1. The standard InChI is InChI=1S/C15H28N2O3/c1-11(17(6)8-15(5,9-18)10-19)13-16-7-12(20-13)14(2,3)4/h7,11,18-19H,8-10H2,1-6H3. The third-order valence-corrected chi connectivity index (χ3v) is 3.68. The van der Waals surface area contributed by atoms with Gasteiger partial charge in [0.05, 0.1) is 25.5 Å². The summed E-state index contributed by atoms with van der Waals surface area (Å²) in [4.78, 5) is 6.38. The highest BCUT2D eigenvalue weighted by molar-refractivity contribution is 5.07. The molecule has 0 aliphatic heterocycles. The van der Waals surface area contributed by atoms with Crippen LogP contribution in [0, 0.1) is 5.41 Å². The third-order valence-electron chi connectivity index (χ3n) is 3.68. The molecule has 0 radical (unpaired) electrons. The van der Waals surface area contributed by atoms with Gasteiger partial charge in [-0.3, -0.25) is 4.90 Å². The molecule has 1 heterocycles. The van der Waals surface area contributed by atoms with Crippen LogP contribution in [0.25, 0.3) is 0 Å². The minimum atomic E-state index is -0.525. The fourth-order valence-electron chi connectivity index (χ4n) is 1.91. The molecule has 2 N–H and O–H groups in total. The minimum Gasteiger partial charge on any atom is -0.443 e. The van der Waals surface area contributed by atoms with Gasteiger partial charge in [0.15, 0.2) is 0 Å². The van der Waals surface area contributed by atoms with E-state index in [9.17, 15) is 10.2 Å². The predicted octanol–water partition coefficient (Wildman–Crippen LogP) is 1.96. The van der Waals surface area contributed by atoms with Gasteiger partial charge in [-0.05, 0) is 14.0 Å². The molecule has 0 fully saturated rings. The summed E-state index contributed by atoms with van der Waals surface area (Å²) in [7, 11) is 1.94. The summed E-state index contributed by atoms with van der Waals surface area (Å²) in [5, 5.41) is 18.7. The van der Waals surface area contributed by atoms with Gasteiger partial charge in [0.2, 0.25) is 5.89 Å². The first kappa shape index (κ1) is 17.1. The van der Waals surface area contributed by atoms with Gasteiger partial charge < -0.3 is 14.6 Å². The molecule has 1 atom stereocenters. The second-order valence-electron chi connectivity index (χ2n) is 7.03. The van der Waals surface area contributed by atoms with Gasteiger partial charge in [-0.1, -0.05) is 27.7 Å². The van der Waals surface area contributed by atoms with Crippen LogP contribution in [0.15, 0.2) is 10.6 Å². The molecule has 5 heteroatoms. The van der Waals surface area contributed by atoms with Gasteiger partial charge in [-0.2, -0.15) is 0 Å². The SMILES string of the molecule is CC(c1ncc(C(C)(C)C)o1)N(C)CC(C)(CO)CO. The lowest BCUT2D eigenvalue weighted by atomic mass is 9.92. The van der Waals surface area contributed by atoms with Crippen molar-refractivity contribution in [3.8, 4) is 0 Å². The van der Waals surface area contributed by atoms with Crippen molar-refractivity contribution in [3.05, 3.63) is 17.8 Å². The summed E-state index contributed by atoms with van der Waals surface area (Å²) in [6.07, 6.45) is 1.77. The van der Waals surface area contributed by atoms with Crippen molar-refractivity contribution in [3.63, 3.8) is 0 Å². The molecule has 0 bridgehead atoms. The fourth-order valence-corrected chi connectivity index (χ4v) is 1.91. The predicted molar refractivity (Wildman–Crippen MR) is 78.5 cm³/mol. The molecule has 1 aromatic heterocycles. The van der Waals surface area contributed by atoms with Gasteiger partial charge in [0.1, 0.15) is 5.76 Å². The van der Waals surface area contributed by atoms with Crippen LogP contribution in [0.5, 0.6) is 0 Å². The lowest BCUT2D eigenvalue weighted by molar-refractivity contribution is 0.0292. The van der Waals surface area contributed by atoms with Crippen LogP contribution >= 0.6 is 0 Å². The number of aliphatic hydroxyl groups is 2. The van der Waals surface area contributed by atoms with Crippen LogP contribution in [0.4, 0.5) is 0 Å². The molecule has 5 nitrogen and oxygen atoms in total. The quantitative estimate of drug-likeness (QED) is 0.835. The summed E-state index contributed by atoms with van der Waals surface area (Å²) in [5.41, 5.74) is -0.587. The molecule has 0 aliphatic carbocycles. The third kappa shape index (κ3) is 4.04. The monoisotopic (exact) mass is 284 g/mol. The Labute approximate surface area is 121 Å². The van der Waals surface area contributed by atoms with Gasteiger partial charge in [0.25, 0.3) is 0 Å². The number of aliphatic hydroxyl groups excluding tert-OH is 2. The highest BCUT2D eigenvalue weighted by Crippen LogP contribution is 2.28. The Morgan fingerprint density at radius 1 is 1.25 bits per heavy atom. The van der Waals surface area contributed by atoms with Crippen LogP contribution in [0.3, 0.4) is 0 Å². The molecule has 20 heavy (non-hydrogen) atoms. The highest BCUT2D eigenvalue weighted by atomic mass is 16.4. The van der Waals surface area contributed by atoms with E-state index in [-0.39, 0.29) is 24.7 Å². The zero-order valence-corrected chi connectivity index (χ0v) is 13.5. The van der Waals surface area contributed by atoms with E-state index in [1.54, 1.807) is 6.20 Å². The molecule has 0 aliphatic rings. The van der Waals surface area contributed by atoms with Crippen molar-refractivity contribution in [2.45, 2.75) is 46.1 Å². The Hall–Kier alpha value is -0.910. The van der Waals surface area contributed by atoms with Crippen molar-refractivity contribution in [2.24, 2.45) is 5.41 Å². The van der Waals surface area contributed by atoms with Gasteiger partial charge in [-0.15, -0.1) is 0 Å². The topological polar surface area (TPSA) is 69.7 Å². The molecule has 116 valence electrons. The van der Waals surface area contributed by atoms with Crippen molar-refractivity contribution >= 4 is 0 Å². The maximum absolute atomic E-state index is 9.37. The van der Waals surface area contributed by atoms with Crippen LogP contribution < -0.4 is 0 Å². The van der Waals surface area contributed by atoms with E-state index in [0.29, 0.717) is 12.4 Å². The minimum absolute atomic E-state index is 0.0106. The van der Waals surface area contributed by atoms with Crippen molar-refractivity contribution < 1.29 is 14.6 Å². The maximum atomic E-state index is 9.37. The average Bonchev–Trinajstić information content (AvgIpc) is 2.87. The van der Waals surface area contributed by atoms with Crippen LogP contribution in [-0.4, -0.2) is 46.9 Å². The Bertz CT molecular complexity index is 419. The molecule has 1 aromatic rings. The summed E-state index contributed by atoms with van der Waals surface area (Å²) in [6.45, 7) is 10.6. The molecule has 1 unspecified atom stereocenters. The number of hydrogen-bond donors (Lipinski definition) is 2. The smallest absolute Gasteiger partial charge is 0.211 e. The summed E-state index contributed by atoms with van der Waals surface area (Å²) >= 11 is 0. The lowest BCUT2D eigenvalue weighted by Crippen LogP contribution is -2.40. The Morgan fingerprint density at radius 3 is 2.20 bits per heavy atom. The normalized spacial score (nSPS) is 14.8. The zero-order chi connectivity index (χ0) is 15.6. The summed E-state index contributed by atoms with van der Waals surface area (Å²) in [5.74, 6) is 1.52. The Kier molecular flexibility index (Phi) is 5.35. The van der Waals surface area contributed by atoms with E-state index < -0.39 is 5.41 Å². The van der Waals surface area contributed by atoms with Crippen LogP contribution in [0.1, 0.15) is 52.3 Å². The van der Waals surface area contributed by atoms with E-state index in [2.05, 4.69) is 25.8 Å². The first-order valence-electron chi connectivity index (χ1n) is 7.01. The molecule has 0 saturated carbocycles. The number of nitrogens with zero attached hydrogens (tertiary/aromatic N) is 2. The first-order valence-corrected chi connectivity index (χ1v) is 7.01. The Balaban J connectivity index is 2.79. The molecule has 0 aromatic carbocycles. The van der Waals surface area contributed by atoms with E-state index in [0.717, 1.165) is 5.76 Å². The van der Waals surface area contributed by atoms with Crippen molar-refractivity contribution in [1.29, 1.82) is 0 Å². The van der Waals surface area contributed by atoms with Crippen molar-refractivity contribution in [1.82, 2.24) is 9.88 Å². The first-order chi connectivity index (χ1) is 9.13. The van der Waals surface area contributed by atoms with E-state index >= 15 is 0 Å². The molecular weight excluding hydrogens is 256 g/mol. The highest BCUT2D eigenvalue weighted by Gasteiger charge is 2.29. The van der Waals surface area contributed by atoms with E-state index in [1.807, 2.05) is 25.8 Å². The van der Waals surface area contributed by atoms with Crippen LogP contribution in [-0.2, 0) is 5.41 Å². The van der Waals surface area contributed by atoms with Gasteiger partial charge in [-0.25, -0.2) is 4.98 Å². The second kappa shape index (κ2) is 6.24. The molecular formula is C15H28N2O3. The summed E-state index contributed by atoms with van der Waals surface area (Å²) in [6, 6.07) is -0.0106. The number of hydrogen-bond acceptors (Lipinski definition) is 5. The van der Waals surface area contributed by atoms with Crippen LogP contribution in [0.2, 0.25) is 0 Å². The molecule has 0 saturated heterocycles. The Morgan fingerprint density at radius 2 is 1.80 bits per heavy atom. The second-order valence-corrected chi connectivity index (χ2v) is 7.03. The number of aromatic nitrogens is 1. The largest absolute Gasteiger partial charge is 0.443 e. The summed E-state index contributed by atoms with van der Waals surface area (Å²) < 4.78 is 5.83. The lowest BCUT2D eigenvalue weighted by Gasteiger charge is -2.32. The van der Waals surface area contributed by atoms with Gasteiger partial charge >= 0.3 is 0 Å². The molecule has 0 spiro atoms. The van der Waals surface area contributed by atoms with E-state index in [4.69, 9.17) is 4.42 Å². The maximum Gasteiger partial charge on any atom is 0.211 e. The zero-order valence-electron chi connectivity index (χ0n) is 13.5. The van der Waals surface area contributed by atoms with E-state index in [1.165, 1.54) is 0 Å². The fraction of sp³-hybridized carbons (Fsp3) is 0.800. The number of rotatable bonds is 6. The molecule has 0 amide bonds. The molecule has 1 rings (SSSR count). The van der Waals surface area contributed by atoms with Gasteiger partial charge in [0, 0.05) is 17.4 Å². The van der Waals surface area contributed by atoms with Crippen molar-refractivity contribution in [2.75, 3.05) is 26.8 Å². The average molecular weight is 284 g/mol.